The van der Waals surface area contributed by atoms with E-state index >= 15 is 0 Å². The van der Waals surface area contributed by atoms with Crippen LogP contribution >= 0.6 is 0 Å². The normalized spacial score (nSPS) is 10.7. The first-order valence-electron chi connectivity index (χ1n) is 7.46. The lowest BCUT2D eigenvalue weighted by molar-refractivity contribution is 0.0934. The van der Waals surface area contributed by atoms with Crippen molar-refractivity contribution < 1.29 is 18.7 Å². The summed E-state index contributed by atoms with van der Waals surface area (Å²) in [5.74, 6) is -1.18. The van der Waals surface area contributed by atoms with Crippen LogP contribution in [0.4, 0.5) is 8.78 Å². The molecule has 1 heterocycles. The minimum Gasteiger partial charge on any atom is -0.395 e. The zero-order valence-corrected chi connectivity index (χ0v) is 13.0. The highest BCUT2D eigenvalue weighted by Gasteiger charge is 2.18. The molecule has 3 rings (SSSR count). The van der Waals surface area contributed by atoms with Crippen LogP contribution in [0.1, 0.15) is 10.6 Å². The van der Waals surface area contributed by atoms with Gasteiger partial charge in [0.2, 0.25) is 5.82 Å². The second kappa shape index (κ2) is 7.18. The zero-order chi connectivity index (χ0) is 17.8. The maximum atomic E-state index is 13.2. The first-order chi connectivity index (χ1) is 12.1. The van der Waals surface area contributed by atoms with E-state index in [1.807, 2.05) is 0 Å². The average Bonchev–Trinajstić information content (AvgIpc) is 3.06. The Hall–Kier alpha value is -3.13. The minimum absolute atomic E-state index is 0.0653. The molecule has 25 heavy (non-hydrogen) atoms. The lowest BCUT2D eigenvalue weighted by Crippen LogP contribution is -2.27. The van der Waals surface area contributed by atoms with Crippen LogP contribution in [0.15, 0.2) is 48.5 Å². The molecular weight excluding hydrogens is 330 g/mol. The van der Waals surface area contributed by atoms with E-state index < -0.39 is 17.5 Å². The first-order valence-corrected chi connectivity index (χ1v) is 7.46. The maximum Gasteiger partial charge on any atom is 0.291 e. The Morgan fingerprint density at radius 2 is 1.64 bits per heavy atom. The molecule has 0 aliphatic carbocycles. The van der Waals surface area contributed by atoms with Gasteiger partial charge in [0, 0.05) is 12.1 Å². The van der Waals surface area contributed by atoms with Crippen LogP contribution in [-0.4, -0.2) is 38.9 Å². The molecule has 1 aromatic heterocycles. The van der Waals surface area contributed by atoms with Gasteiger partial charge in [0.15, 0.2) is 5.82 Å². The predicted octanol–water partition coefficient (Wildman–Crippen LogP) is 1.93. The molecule has 0 saturated carbocycles. The summed E-state index contributed by atoms with van der Waals surface area (Å²) in [6.45, 7) is -0.148. The fourth-order valence-corrected chi connectivity index (χ4v) is 2.20. The van der Waals surface area contributed by atoms with Gasteiger partial charge in [0.25, 0.3) is 5.91 Å². The van der Waals surface area contributed by atoms with Crippen molar-refractivity contribution in [1.29, 1.82) is 0 Å². The van der Waals surface area contributed by atoms with Gasteiger partial charge in [-0.1, -0.05) is 0 Å². The lowest BCUT2D eigenvalue weighted by Gasteiger charge is -2.05. The second-order valence-corrected chi connectivity index (χ2v) is 5.13. The van der Waals surface area contributed by atoms with Crippen LogP contribution in [0.3, 0.4) is 0 Å². The number of hydrogen-bond donors (Lipinski definition) is 2. The number of rotatable bonds is 5. The topological polar surface area (TPSA) is 80.0 Å². The monoisotopic (exact) mass is 344 g/mol. The number of aliphatic hydroxyl groups excluding tert-OH is 1. The number of hydrogen-bond acceptors (Lipinski definition) is 4. The maximum absolute atomic E-state index is 13.2. The van der Waals surface area contributed by atoms with Crippen LogP contribution in [0.2, 0.25) is 0 Å². The fraction of sp³-hybridized carbons (Fsp3) is 0.118. The molecule has 128 valence electrons. The standard InChI is InChI=1S/C17H14F2N4O2/c18-12-3-1-11(2-4-12)16-21-15(17(25)20-9-10-24)22-23(16)14-7-5-13(19)6-8-14/h1-8,24H,9-10H2,(H,20,25). The lowest BCUT2D eigenvalue weighted by atomic mass is 10.2. The Morgan fingerprint density at radius 1 is 1.04 bits per heavy atom. The molecule has 0 fully saturated rings. The van der Waals surface area contributed by atoms with Gasteiger partial charge in [-0.2, -0.15) is 0 Å². The van der Waals surface area contributed by atoms with Gasteiger partial charge in [0.05, 0.1) is 12.3 Å². The van der Waals surface area contributed by atoms with Gasteiger partial charge in [-0.05, 0) is 48.5 Å². The van der Waals surface area contributed by atoms with Crippen molar-refractivity contribution >= 4 is 5.91 Å². The summed E-state index contributed by atoms with van der Waals surface area (Å²) in [4.78, 5) is 16.3. The van der Waals surface area contributed by atoms with E-state index in [1.165, 1.54) is 53.2 Å². The predicted molar refractivity (Wildman–Crippen MR) is 86.1 cm³/mol. The number of carbonyl (C=O) groups is 1. The number of aromatic nitrogens is 3. The number of halogens is 2. The van der Waals surface area contributed by atoms with Crippen LogP contribution in [-0.2, 0) is 0 Å². The molecule has 2 N–H and O–H groups in total. The Kier molecular flexibility index (Phi) is 4.80. The van der Waals surface area contributed by atoms with Gasteiger partial charge in [-0.3, -0.25) is 4.79 Å². The van der Waals surface area contributed by atoms with E-state index in [4.69, 9.17) is 5.11 Å². The molecule has 0 aliphatic heterocycles. The Morgan fingerprint density at radius 3 is 2.24 bits per heavy atom. The van der Waals surface area contributed by atoms with Crippen LogP contribution in [0, 0.1) is 11.6 Å². The van der Waals surface area contributed by atoms with E-state index in [9.17, 15) is 13.6 Å². The second-order valence-electron chi connectivity index (χ2n) is 5.13. The van der Waals surface area contributed by atoms with Crippen LogP contribution in [0.25, 0.3) is 17.1 Å². The van der Waals surface area contributed by atoms with Crippen molar-refractivity contribution in [1.82, 2.24) is 20.1 Å². The summed E-state index contributed by atoms with van der Waals surface area (Å²) < 4.78 is 27.7. The summed E-state index contributed by atoms with van der Waals surface area (Å²) in [5.41, 5.74) is 1.04. The van der Waals surface area contributed by atoms with Crippen molar-refractivity contribution in [2.24, 2.45) is 0 Å². The molecule has 1 amide bonds. The molecule has 0 bridgehead atoms. The molecule has 0 saturated heterocycles. The molecule has 6 nitrogen and oxygen atoms in total. The summed E-state index contributed by atoms with van der Waals surface area (Å²) in [6.07, 6.45) is 0. The Bertz CT molecular complexity index is 814. The summed E-state index contributed by atoms with van der Waals surface area (Å²) in [6, 6.07) is 11.1. The molecule has 0 atom stereocenters. The van der Waals surface area contributed by atoms with Crippen molar-refractivity contribution in [2.45, 2.75) is 0 Å². The molecule has 8 heteroatoms. The molecule has 0 aliphatic rings. The largest absolute Gasteiger partial charge is 0.395 e. The summed E-state index contributed by atoms with van der Waals surface area (Å²) in [5, 5.41) is 15.4. The van der Waals surface area contributed by atoms with Gasteiger partial charge >= 0.3 is 0 Å². The molecule has 3 aromatic rings. The summed E-state index contributed by atoms with van der Waals surface area (Å²) in [7, 11) is 0. The van der Waals surface area contributed by atoms with E-state index in [2.05, 4.69) is 15.4 Å². The number of amides is 1. The quantitative estimate of drug-likeness (QED) is 0.741. The number of aliphatic hydroxyl groups is 1. The third kappa shape index (κ3) is 3.69. The van der Waals surface area contributed by atoms with E-state index in [1.54, 1.807) is 0 Å². The molecule has 0 spiro atoms. The SMILES string of the molecule is O=C(NCCO)c1nc(-c2ccc(F)cc2)n(-c2ccc(F)cc2)n1. The highest BCUT2D eigenvalue weighted by atomic mass is 19.1. The third-order valence-electron chi connectivity index (χ3n) is 3.38. The van der Waals surface area contributed by atoms with Gasteiger partial charge in [-0.15, -0.1) is 5.10 Å². The van der Waals surface area contributed by atoms with E-state index in [0.29, 0.717) is 17.1 Å². The van der Waals surface area contributed by atoms with Crippen molar-refractivity contribution in [3.63, 3.8) is 0 Å². The molecule has 0 radical (unpaired) electrons. The Labute approximate surface area is 141 Å². The van der Waals surface area contributed by atoms with E-state index in [0.717, 1.165) is 0 Å². The molecule has 0 unspecified atom stereocenters. The van der Waals surface area contributed by atoms with Crippen molar-refractivity contribution in [2.75, 3.05) is 13.2 Å². The average molecular weight is 344 g/mol. The van der Waals surface area contributed by atoms with Gasteiger partial charge in [-0.25, -0.2) is 18.4 Å². The number of nitrogens with one attached hydrogen (secondary N) is 1. The van der Waals surface area contributed by atoms with Gasteiger partial charge in [0.1, 0.15) is 11.6 Å². The van der Waals surface area contributed by atoms with Crippen LogP contribution in [0.5, 0.6) is 0 Å². The highest BCUT2D eigenvalue weighted by Crippen LogP contribution is 2.22. The smallest absolute Gasteiger partial charge is 0.291 e. The first kappa shape index (κ1) is 16.7. The molecule has 2 aromatic carbocycles. The van der Waals surface area contributed by atoms with Crippen molar-refractivity contribution in [3.8, 4) is 17.1 Å². The number of nitrogens with zero attached hydrogens (tertiary/aromatic N) is 3. The fourth-order valence-electron chi connectivity index (χ4n) is 2.20. The number of carbonyl (C=O) groups excluding carboxylic acids is 1. The van der Waals surface area contributed by atoms with Crippen molar-refractivity contribution in [3.05, 3.63) is 66.0 Å². The van der Waals surface area contributed by atoms with E-state index in [-0.39, 0.29) is 19.0 Å². The molecular formula is C17H14F2N4O2. The van der Waals surface area contributed by atoms with Gasteiger partial charge < -0.3 is 10.4 Å². The minimum atomic E-state index is -0.557. The summed E-state index contributed by atoms with van der Waals surface area (Å²) >= 11 is 0. The zero-order valence-electron chi connectivity index (χ0n) is 13.0. The highest BCUT2D eigenvalue weighted by molar-refractivity contribution is 5.91. The third-order valence-corrected chi connectivity index (χ3v) is 3.38. The Balaban J connectivity index is 2.07. The van der Waals surface area contributed by atoms with Crippen LogP contribution < -0.4 is 5.32 Å². The number of benzene rings is 2.